The van der Waals surface area contributed by atoms with E-state index in [1.54, 1.807) is 6.20 Å². The standard InChI is InChI=1S/C14H19N3O/c1-3-18-10(2)14(17-15)12-6-4-8-13-11(12)7-5-9-16-13/h4-10,14,17H,3,15H2,1-2H3. The summed E-state index contributed by atoms with van der Waals surface area (Å²) in [5.41, 5.74) is 4.93. The third-order valence-electron chi connectivity index (χ3n) is 3.09. The number of aromatic nitrogens is 1. The molecule has 18 heavy (non-hydrogen) atoms. The number of fused-ring (bicyclic) bond motifs is 1. The van der Waals surface area contributed by atoms with Crippen molar-refractivity contribution in [3.8, 4) is 0 Å². The van der Waals surface area contributed by atoms with Crippen molar-refractivity contribution >= 4 is 10.9 Å². The van der Waals surface area contributed by atoms with Crippen LogP contribution in [-0.4, -0.2) is 17.7 Å². The minimum absolute atomic E-state index is 0.00538. The van der Waals surface area contributed by atoms with Crippen molar-refractivity contribution in [3.05, 3.63) is 42.1 Å². The van der Waals surface area contributed by atoms with Crippen LogP contribution < -0.4 is 11.3 Å². The molecule has 1 heterocycles. The van der Waals surface area contributed by atoms with Crippen LogP contribution in [0.4, 0.5) is 0 Å². The summed E-state index contributed by atoms with van der Waals surface area (Å²) in [6.07, 6.45) is 1.80. The second-order valence-corrected chi connectivity index (χ2v) is 4.22. The zero-order valence-corrected chi connectivity index (χ0v) is 10.8. The number of hydrogen-bond acceptors (Lipinski definition) is 4. The zero-order chi connectivity index (χ0) is 13.0. The monoisotopic (exact) mass is 245 g/mol. The van der Waals surface area contributed by atoms with Crippen molar-refractivity contribution in [3.63, 3.8) is 0 Å². The van der Waals surface area contributed by atoms with Gasteiger partial charge < -0.3 is 4.74 Å². The summed E-state index contributed by atoms with van der Waals surface area (Å²) in [6.45, 7) is 4.67. The Kier molecular flexibility index (Phi) is 4.25. The van der Waals surface area contributed by atoms with Crippen molar-refractivity contribution < 1.29 is 4.74 Å². The minimum atomic E-state index is -0.0437. The van der Waals surface area contributed by atoms with Crippen LogP contribution in [-0.2, 0) is 4.74 Å². The fourth-order valence-corrected chi connectivity index (χ4v) is 2.24. The first kappa shape index (κ1) is 13.0. The first-order valence-corrected chi connectivity index (χ1v) is 6.19. The van der Waals surface area contributed by atoms with Crippen LogP contribution >= 0.6 is 0 Å². The van der Waals surface area contributed by atoms with Gasteiger partial charge in [0.1, 0.15) is 0 Å². The van der Waals surface area contributed by atoms with E-state index in [-0.39, 0.29) is 12.1 Å². The van der Waals surface area contributed by atoms with Crippen molar-refractivity contribution in [2.45, 2.75) is 26.0 Å². The van der Waals surface area contributed by atoms with Crippen LogP contribution in [0.2, 0.25) is 0 Å². The molecule has 0 saturated heterocycles. The summed E-state index contributed by atoms with van der Waals surface area (Å²) in [6, 6.07) is 10.00. The first-order chi connectivity index (χ1) is 8.77. The number of benzene rings is 1. The molecule has 0 amide bonds. The van der Waals surface area contributed by atoms with Gasteiger partial charge in [-0.05, 0) is 31.5 Å². The van der Waals surface area contributed by atoms with E-state index in [9.17, 15) is 0 Å². The molecule has 0 radical (unpaired) electrons. The van der Waals surface area contributed by atoms with Gasteiger partial charge >= 0.3 is 0 Å². The lowest BCUT2D eigenvalue weighted by Gasteiger charge is -2.24. The Morgan fingerprint density at radius 3 is 2.89 bits per heavy atom. The van der Waals surface area contributed by atoms with Crippen LogP contribution in [0.3, 0.4) is 0 Å². The number of pyridine rings is 1. The van der Waals surface area contributed by atoms with Crippen LogP contribution in [0.5, 0.6) is 0 Å². The average Bonchev–Trinajstić information content (AvgIpc) is 2.40. The quantitative estimate of drug-likeness (QED) is 0.626. The fourth-order valence-electron chi connectivity index (χ4n) is 2.24. The van der Waals surface area contributed by atoms with E-state index in [4.69, 9.17) is 10.6 Å². The van der Waals surface area contributed by atoms with E-state index < -0.39 is 0 Å². The molecule has 4 heteroatoms. The van der Waals surface area contributed by atoms with Gasteiger partial charge in [-0.3, -0.25) is 16.3 Å². The van der Waals surface area contributed by atoms with Gasteiger partial charge in [0.15, 0.2) is 0 Å². The lowest BCUT2D eigenvalue weighted by Crippen LogP contribution is -2.36. The highest BCUT2D eigenvalue weighted by Gasteiger charge is 2.20. The molecule has 0 aliphatic carbocycles. The smallest absolute Gasteiger partial charge is 0.0754 e. The Labute approximate surface area is 107 Å². The molecule has 3 N–H and O–H groups in total. The van der Waals surface area contributed by atoms with Crippen LogP contribution in [0, 0.1) is 0 Å². The van der Waals surface area contributed by atoms with E-state index in [2.05, 4.69) is 22.5 Å². The molecule has 2 atom stereocenters. The Morgan fingerprint density at radius 1 is 1.33 bits per heavy atom. The van der Waals surface area contributed by atoms with Crippen LogP contribution in [0.1, 0.15) is 25.5 Å². The molecular weight excluding hydrogens is 226 g/mol. The third kappa shape index (κ3) is 2.51. The van der Waals surface area contributed by atoms with Crippen LogP contribution in [0.15, 0.2) is 36.5 Å². The van der Waals surface area contributed by atoms with Gasteiger partial charge in [-0.15, -0.1) is 0 Å². The maximum atomic E-state index is 5.68. The molecule has 0 fully saturated rings. The lowest BCUT2D eigenvalue weighted by molar-refractivity contribution is 0.0476. The van der Waals surface area contributed by atoms with Gasteiger partial charge in [0, 0.05) is 18.2 Å². The highest BCUT2D eigenvalue weighted by molar-refractivity contribution is 5.82. The molecule has 1 aromatic carbocycles. The second-order valence-electron chi connectivity index (χ2n) is 4.22. The SMILES string of the molecule is CCOC(C)C(NN)c1cccc2ncccc12. The molecular formula is C14H19N3O. The van der Waals surface area contributed by atoms with E-state index in [0.717, 1.165) is 16.5 Å². The van der Waals surface area contributed by atoms with E-state index in [1.807, 2.05) is 32.0 Å². The molecule has 4 nitrogen and oxygen atoms in total. The molecule has 0 bridgehead atoms. The molecule has 1 aromatic heterocycles. The van der Waals surface area contributed by atoms with Gasteiger partial charge in [0.05, 0.1) is 17.7 Å². The van der Waals surface area contributed by atoms with Crippen molar-refractivity contribution in [1.29, 1.82) is 0 Å². The number of rotatable bonds is 5. The maximum absolute atomic E-state index is 5.68. The van der Waals surface area contributed by atoms with Gasteiger partial charge in [0.2, 0.25) is 0 Å². The molecule has 0 aliphatic heterocycles. The van der Waals surface area contributed by atoms with Crippen molar-refractivity contribution in [2.75, 3.05) is 6.61 Å². The van der Waals surface area contributed by atoms with E-state index in [1.165, 1.54) is 0 Å². The van der Waals surface area contributed by atoms with Crippen molar-refractivity contribution in [2.24, 2.45) is 5.84 Å². The lowest BCUT2D eigenvalue weighted by atomic mass is 9.98. The van der Waals surface area contributed by atoms with E-state index in [0.29, 0.717) is 6.61 Å². The minimum Gasteiger partial charge on any atom is -0.377 e. The molecule has 0 spiro atoms. The molecule has 96 valence electrons. The predicted molar refractivity (Wildman–Crippen MR) is 72.9 cm³/mol. The number of hydrazine groups is 1. The van der Waals surface area contributed by atoms with Gasteiger partial charge in [-0.2, -0.15) is 0 Å². The topological polar surface area (TPSA) is 60.2 Å². The third-order valence-corrected chi connectivity index (χ3v) is 3.09. The summed E-state index contributed by atoms with van der Waals surface area (Å²) in [5, 5.41) is 1.11. The summed E-state index contributed by atoms with van der Waals surface area (Å²) < 4.78 is 5.64. The summed E-state index contributed by atoms with van der Waals surface area (Å²) >= 11 is 0. The van der Waals surface area contributed by atoms with Gasteiger partial charge in [-0.1, -0.05) is 18.2 Å². The Morgan fingerprint density at radius 2 is 2.17 bits per heavy atom. The average molecular weight is 245 g/mol. The highest BCUT2D eigenvalue weighted by atomic mass is 16.5. The van der Waals surface area contributed by atoms with Crippen LogP contribution in [0.25, 0.3) is 10.9 Å². The number of hydrogen-bond donors (Lipinski definition) is 2. The summed E-state index contributed by atoms with van der Waals surface area (Å²) in [5.74, 6) is 5.68. The Balaban J connectivity index is 2.44. The predicted octanol–water partition coefficient (Wildman–Crippen LogP) is 2.16. The molecule has 2 rings (SSSR count). The highest BCUT2D eigenvalue weighted by Crippen LogP contribution is 2.25. The normalized spacial score (nSPS) is 14.6. The molecule has 0 aliphatic rings. The maximum Gasteiger partial charge on any atom is 0.0754 e. The summed E-state index contributed by atoms with van der Waals surface area (Å²) in [7, 11) is 0. The van der Waals surface area contributed by atoms with Gasteiger partial charge in [-0.25, -0.2) is 0 Å². The fraction of sp³-hybridized carbons (Fsp3) is 0.357. The van der Waals surface area contributed by atoms with Gasteiger partial charge in [0.25, 0.3) is 0 Å². The molecule has 2 unspecified atom stereocenters. The number of nitrogens with one attached hydrogen (secondary N) is 1. The number of ether oxygens (including phenoxy) is 1. The number of nitrogens with zero attached hydrogens (tertiary/aromatic N) is 1. The Bertz CT molecular complexity index is 510. The Hall–Kier alpha value is -1.49. The van der Waals surface area contributed by atoms with Crippen molar-refractivity contribution in [1.82, 2.24) is 10.4 Å². The van der Waals surface area contributed by atoms with E-state index >= 15 is 0 Å². The largest absolute Gasteiger partial charge is 0.377 e. The zero-order valence-electron chi connectivity index (χ0n) is 10.8. The molecule has 2 aromatic rings. The first-order valence-electron chi connectivity index (χ1n) is 6.19. The molecule has 0 saturated carbocycles. The number of nitrogens with two attached hydrogens (primary N) is 1. The second kappa shape index (κ2) is 5.91. The summed E-state index contributed by atoms with van der Waals surface area (Å²) in [4.78, 5) is 4.35.